The topological polar surface area (TPSA) is 85.9 Å². The van der Waals surface area contributed by atoms with Gasteiger partial charge in [0.05, 0.1) is 26.9 Å². The van der Waals surface area contributed by atoms with Gasteiger partial charge in [-0.2, -0.15) is 4.40 Å². The number of anilines is 1. The number of halogens is 1. The van der Waals surface area contributed by atoms with E-state index in [9.17, 15) is 4.79 Å². The number of nitrogens with two attached hydrogens (primary N) is 1. The molecule has 0 atom stereocenters. The number of amides is 1. The lowest BCUT2D eigenvalue weighted by atomic mass is 10.1. The van der Waals surface area contributed by atoms with Gasteiger partial charge in [0, 0.05) is 11.9 Å². The highest BCUT2D eigenvalue weighted by atomic mass is 35.5. The zero-order valence-electron chi connectivity index (χ0n) is 14.8. The average molecular weight is 414 g/mol. The highest BCUT2D eigenvalue weighted by Gasteiger charge is 2.20. The summed E-state index contributed by atoms with van der Waals surface area (Å²) in [7, 11) is 1.52. The molecule has 0 aliphatic heterocycles. The molecule has 1 heterocycles. The summed E-state index contributed by atoms with van der Waals surface area (Å²) in [6.45, 7) is 5.37. The first kappa shape index (κ1) is 20.4. The van der Waals surface area contributed by atoms with E-state index in [2.05, 4.69) is 9.71 Å². The molecule has 1 aromatic heterocycles. The normalized spacial score (nSPS) is 12.0. The van der Waals surface area contributed by atoms with E-state index in [4.69, 9.17) is 26.8 Å². The second-order valence-corrected chi connectivity index (χ2v) is 8.91. The van der Waals surface area contributed by atoms with Crippen molar-refractivity contribution >= 4 is 52.5 Å². The number of methoxy groups -OCH3 is 1. The molecule has 0 saturated carbocycles. The van der Waals surface area contributed by atoms with E-state index < -0.39 is 11.7 Å². The predicted octanol–water partition coefficient (Wildman–Crippen LogP) is 5.17. The van der Waals surface area contributed by atoms with E-state index in [1.54, 1.807) is 45.0 Å². The second kappa shape index (κ2) is 8.66. The van der Waals surface area contributed by atoms with Crippen molar-refractivity contribution in [1.82, 2.24) is 0 Å². The third-order valence-electron chi connectivity index (χ3n) is 2.92. The van der Waals surface area contributed by atoms with Crippen LogP contribution in [0.1, 0.15) is 26.3 Å². The molecule has 0 spiro atoms. The highest BCUT2D eigenvalue weighted by Crippen LogP contribution is 2.33. The van der Waals surface area contributed by atoms with Crippen molar-refractivity contribution in [1.29, 1.82) is 0 Å². The number of rotatable bonds is 5. The number of ether oxygens (including phenoxy) is 2. The van der Waals surface area contributed by atoms with Crippen molar-refractivity contribution in [2.75, 3.05) is 12.4 Å². The molecule has 9 heteroatoms. The first-order chi connectivity index (χ1) is 12.2. The monoisotopic (exact) mass is 413 g/mol. The van der Waals surface area contributed by atoms with Crippen molar-refractivity contribution in [3.05, 3.63) is 40.2 Å². The van der Waals surface area contributed by atoms with Crippen LogP contribution in [-0.2, 0) is 4.74 Å². The van der Waals surface area contributed by atoms with Crippen LogP contribution < -0.4 is 15.8 Å². The van der Waals surface area contributed by atoms with Crippen LogP contribution in [0.3, 0.4) is 0 Å². The molecule has 1 aromatic carbocycles. The molecule has 3 N–H and O–H groups in total. The van der Waals surface area contributed by atoms with Gasteiger partial charge < -0.3 is 15.2 Å². The molecule has 0 radical (unpaired) electrons. The van der Waals surface area contributed by atoms with Crippen LogP contribution >= 0.6 is 34.9 Å². The van der Waals surface area contributed by atoms with Crippen LogP contribution in [0.4, 0.5) is 10.5 Å². The summed E-state index contributed by atoms with van der Waals surface area (Å²) in [4.78, 5) is 12.1. The van der Waals surface area contributed by atoms with Crippen LogP contribution in [0, 0.1) is 0 Å². The molecule has 0 saturated heterocycles. The third kappa shape index (κ3) is 5.82. The van der Waals surface area contributed by atoms with Crippen molar-refractivity contribution in [2.24, 2.45) is 10.1 Å². The number of nitrogens with one attached hydrogen (secondary N) is 1. The van der Waals surface area contributed by atoms with Gasteiger partial charge in [-0.25, -0.2) is 4.79 Å². The minimum absolute atomic E-state index is 0.211. The van der Waals surface area contributed by atoms with Gasteiger partial charge in [0.15, 0.2) is 0 Å². The Hall–Kier alpha value is -1.90. The van der Waals surface area contributed by atoms with Gasteiger partial charge in [-0.05, 0) is 45.0 Å². The van der Waals surface area contributed by atoms with Crippen LogP contribution in [-0.4, -0.2) is 24.6 Å². The minimum Gasteiger partial charge on any atom is -0.496 e. The van der Waals surface area contributed by atoms with Crippen molar-refractivity contribution in [2.45, 2.75) is 30.6 Å². The molecular formula is C17H20ClN3O3S2. The standard InChI is InChI=1S/C17H20ClN3O3S2/c1-17(2,3)24-16(22)20-10-6-5-7-11(23-4)14(10)15(19)21-26-13-9-8-12(18)25-13/h5-9H,1-4H3,(H2,19,21)(H,20,22). The van der Waals surface area contributed by atoms with E-state index >= 15 is 0 Å². The van der Waals surface area contributed by atoms with Crippen molar-refractivity contribution in [3.8, 4) is 5.75 Å². The van der Waals surface area contributed by atoms with E-state index in [1.165, 1.54) is 30.4 Å². The van der Waals surface area contributed by atoms with Crippen LogP contribution in [0.2, 0.25) is 4.34 Å². The Morgan fingerprint density at radius 2 is 2.04 bits per heavy atom. The lowest BCUT2D eigenvalue weighted by Gasteiger charge is -2.21. The number of carbonyl (C=O) groups excluding carboxylic acids is 1. The third-order valence-corrected chi connectivity index (χ3v) is 5.02. The number of amidine groups is 1. The van der Waals surface area contributed by atoms with Crippen LogP contribution in [0.5, 0.6) is 5.75 Å². The number of thiophene rings is 1. The molecule has 0 fully saturated rings. The van der Waals surface area contributed by atoms with Gasteiger partial charge in [-0.3, -0.25) is 5.32 Å². The Bertz CT molecular complexity index is 816. The lowest BCUT2D eigenvalue weighted by molar-refractivity contribution is 0.0636. The quantitative estimate of drug-likeness (QED) is 0.401. The SMILES string of the molecule is COc1cccc(NC(=O)OC(C)(C)C)c1/C(N)=N/Sc1ccc(Cl)s1. The maximum Gasteiger partial charge on any atom is 0.412 e. The summed E-state index contributed by atoms with van der Waals surface area (Å²) in [5.74, 6) is 0.702. The number of carbonyl (C=O) groups is 1. The average Bonchev–Trinajstić information content (AvgIpc) is 2.96. The molecule has 2 aromatic rings. The molecule has 0 aliphatic rings. The maximum atomic E-state index is 12.1. The van der Waals surface area contributed by atoms with Gasteiger partial charge in [-0.1, -0.05) is 17.7 Å². The number of nitrogens with zero attached hydrogens (tertiary/aromatic N) is 1. The molecular weight excluding hydrogens is 394 g/mol. The molecule has 6 nitrogen and oxygen atoms in total. The Morgan fingerprint density at radius 3 is 2.62 bits per heavy atom. The number of hydrogen-bond donors (Lipinski definition) is 2. The predicted molar refractivity (Wildman–Crippen MR) is 109 cm³/mol. The Morgan fingerprint density at radius 1 is 1.31 bits per heavy atom. The minimum atomic E-state index is -0.614. The Balaban J connectivity index is 2.28. The van der Waals surface area contributed by atoms with Gasteiger partial charge in [0.25, 0.3) is 0 Å². The fourth-order valence-electron chi connectivity index (χ4n) is 1.97. The van der Waals surface area contributed by atoms with E-state index in [0.717, 1.165) is 4.21 Å². The molecule has 140 valence electrons. The first-order valence-corrected chi connectivity index (χ1v) is 9.59. The van der Waals surface area contributed by atoms with Crippen molar-refractivity contribution < 1.29 is 14.3 Å². The van der Waals surface area contributed by atoms with Crippen molar-refractivity contribution in [3.63, 3.8) is 0 Å². The molecule has 2 rings (SSSR count). The first-order valence-electron chi connectivity index (χ1n) is 7.63. The highest BCUT2D eigenvalue weighted by molar-refractivity contribution is 8.00. The zero-order chi connectivity index (χ0) is 19.3. The molecule has 0 aliphatic carbocycles. The molecule has 26 heavy (non-hydrogen) atoms. The number of hydrogen-bond acceptors (Lipinski definition) is 6. The lowest BCUT2D eigenvalue weighted by Crippen LogP contribution is -2.28. The molecule has 0 bridgehead atoms. The Labute approximate surface area is 165 Å². The van der Waals surface area contributed by atoms with E-state index in [1.807, 2.05) is 6.07 Å². The van der Waals surface area contributed by atoms with Gasteiger partial charge in [0.2, 0.25) is 0 Å². The molecule has 0 unspecified atom stereocenters. The van der Waals surface area contributed by atoms with Crippen LogP contribution in [0.15, 0.2) is 38.9 Å². The van der Waals surface area contributed by atoms with Gasteiger partial charge in [-0.15, -0.1) is 11.3 Å². The fraction of sp³-hybridized carbons (Fsp3) is 0.294. The number of benzene rings is 1. The van der Waals surface area contributed by atoms with Gasteiger partial charge in [0.1, 0.15) is 17.2 Å². The van der Waals surface area contributed by atoms with Gasteiger partial charge >= 0.3 is 6.09 Å². The zero-order valence-corrected chi connectivity index (χ0v) is 17.2. The summed E-state index contributed by atoms with van der Waals surface area (Å²) in [6.07, 6.45) is -0.586. The molecule has 1 amide bonds. The summed E-state index contributed by atoms with van der Waals surface area (Å²) < 4.78 is 16.5. The fourth-order valence-corrected chi connectivity index (χ4v) is 3.82. The maximum absolute atomic E-state index is 12.1. The summed E-state index contributed by atoms with van der Waals surface area (Å²) in [6, 6.07) is 8.84. The summed E-state index contributed by atoms with van der Waals surface area (Å²) in [5.41, 5.74) is 6.48. The smallest absolute Gasteiger partial charge is 0.412 e. The van der Waals surface area contributed by atoms with E-state index in [-0.39, 0.29) is 5.84 Å². The van der Waals surface area contributed by atoms with E-state index in [0.29, 0.717) is 21.3 Å². The summed E-state index contributed by atoms with van der Waals surface area (Å²) in [5, 5.41) is 2.70. The largest absolute Gasteiger partial charge is 0.496 e. The van der Waals surface area contributed by atoms with Crippen LogP contribution in [0.25, 0.3) is 0 Å². The second-order valence-electron chi connectivity index (χ2n) is 6.14. The summed E-state index contributed by atoms with van der Waals surface area (Å²) >= 11 is 8.52. The Kier molecular flexibility index (Phi) is 6.80.